The average Bonchev–Trinajstić information content (AvgIpc) is 3.45. The van der Waals surface area contributed by atoms with Crippen molar-refractivity contribution < 1.29 is 22.7 Å². The van der Waals surface area contributed by atoms with E-state index in [1.54, 1.807) is 29.4 Å². The molecule has 3 aromatic heterocycles. The van der Waals surface area contributed by atoms with E-state index < -0.39 is 16.1 Å². The Morgan fingerprint density at radius 1 is 1.18 bits per heavy atom. The number of hydrogen-bond donors (Lipinski definition) is 1. The van der Waals surface area contributed by atoms with Gasteiger partial charge in [-0.15, -0.1) is 11.3 Å². The fourth-order valence-corrected chi connectivity index (χ4v) is 8.30. The lowest BCUT2D eigenvalue weighted by molar-refractivity contribution is -0.108. The Hall–Kier alpha value is -2.98. The van der Waals surface area contributed by atoms with Crippen molar-refractivity contribution in [2.45, 2.75) is 37.9 Å². The Labute approximate surface area is 235 Å². The smallest absolute Gasteiger partial charge is 0.413 e. The van der Waals surface area contributed by atoms with Crippen molar-refractivity contribution in [3.63, 3.8) is 0 Å². The van der Waals surface area contributed by atoms with Crippen molar-refractivity contribution >= 4 is 56.1 Å². The second-order valence-electron chi connectivity index (χ2n) is 9.12. The van der Waals surface area contributed by atoms with Crippen LogP contribution in [0, 0.1) is 20.8 Å². The summed E-state index contributed by atoms with van der Waals surface area (Å²) in [7, 11) is -2.55. The number of sulfonamides is 1. The van der Waals surface area contributed by atoms with E-state index in [0.717, 1.165) is 38.9 Å². The van der Waals surface area contributed by atoms with E-state index >= 15 is 0 Å². The van der Waals surface area contributed by atoms with Gasteiger partial charge in [0.05, 0.1) is 28.4 Å². The summed E-state index contributed by atoms with van der Waals surface area (Å²) in [5.41, 5.74) is 2.23. The van der Waals surface area contributed by atoms with E-state index in [0.29, 0.717) is 44.2 Å². The lowest BCUT2D eigenvalue weighted by atomic mass is 10.2. The highest BCUT2D eigenvalue weighted by Gasteiger charge is 2.33. The van der Waals surface area contributed by atoms with E-state index in [4.69, 9.17) is 0 Å². The molecule has 12 nitrogen and oxygen atoms in total. The van der Waals surface area contributed by atoms with Crippen LogP contribution in [-0.4, -0.2) is 91.0 Å². The number of methoxy groups -OCH3 is 1. The molecule has 0 radical (unpaired) electrons. The molecule has 3 aromatic rings. The predicted molar refractivity (Wildman–Crippen MR) is 151 cm³/mol. The van der Waals surface area contributed by atoms with E-state index in [-0.39, 0.29) is 15.4 Å². The van der Waals surface area contributed by atoms with Crippen molar-refractivity contribution in [2.24, 2.45) is 0 Å². The molecule has 15 heteroatoms. The molecule has 0 spiro atoms. The number of piperazine rings is 1. The minimum atomic E-state index is -3.77. The number of hydrogen-bond acceptors (Lipinski definition) is 11. The molecule has 4 rings (SSSR count). The topological polar surface area (TPSA) is 138 Å². The van der Waals surface area contributed by atoms with Gasteiger partial charge >= 0.3 is 6.09 Å². The molecule has 2 amide bonds. The monoisotopic (exact) mass is 593 g/mol. The van der Waals surface area contributed by atoms with Gasteiger partial charge < -0.3 is 4.74 Å². The zero-order valence-electron chi connectivity index (χ0n) is 22.4. The van der Waals surface area contributed by atoms with Crippen molar-refractivity contribution in [2.75, 3.05) is 50.1 Å². The van der Waals surface area contributed by atoms with Gasteiger partial charge in [-0.1, -0.05) is 11.3 Å². The first-order valence-corrected chi connectivity index (χ1v) is 15.3. The Morgan fingerprint density at radius 2 is 1.90 bits per heavy atom. The number of rotatable bonds is 9. The maximum Gasteiger partial charge on any atom is 0.413 e. The first-order valence-electron chi connectivity index (χ1n) is 12.2. The van der Waals surface area contributed by atoms with Gasteiger partial charge in [-0.25, -0.2) is 28.2 Å². The van der Waals surface area contributed by atoms with Gasteiger partial charge in [0.25, 0.3) is 10.0 Å². The van der Waals surface area contributed by atoms with Crippen LogP contribution in [0.4, 0.5) is 15.7 Å². The van der Waals surface area contributed by atoms with Crippen LogP contribution in [0.3, 0.4) is 0 Å². The maximum atomic E-state index is 13.3. The van der Waals surface area contributed by atoms with Crippen molar-refractivity contribution in [3.05, 3.63) is 34.7 Å². The average molecular weight is 594 g/mol. The largest absolute Gasteiger partial charge is 0.453 e. The normalized spacial score (nSPS) is 15.6. The summed E-state index contributed by atoms with van der Waals surface area (Å²) in [6.07, 6.45) is 1.77. The van der Waals surface area contributed by atoms with Gasteiger partial charge in [0.1, 0.15) is 5.82 Å². The number of ether oxygens (including phenoxy) is 1. The van der Waals surface area contributed by atoms with E-state index in [1.165, 1.54) is 11.4 Å². The molecule has 0 unspecified atom stereocenters. The molecule has 1 fully saturated rings. The minimum Gasteiger partial charge on any atom is -0.453 e. The molecule has 1 saturated heterocycles. The second-order valence-corrected chi connectivity index (χ2v) is 13.5. The van der Waals surface area contributed by atoms with Crippen molar-refractivity contribution in [1.82, 2.24) is 24.2 Å². The minimum absolute atomic E-state index is 0.0974. The summed E-state index contributed by atoms with van der Waals surface area (Å²) in [4.78, 5) is 41.4. The van der Waals surface area contributed by atoms with Gasteiger partial charge in [0, 0.05) is 45.0 Å². The maximum absolute atomic E-state index is 13.3. The van der Waals surface area contributed by atoms with Gasteiger partial charge in [-0.05, 0) is 45.4 Å². The van der Waals surface area contributed by atoms with Gasteiger partial charge in [-0.2, -0.15) is 4.31 Å². The number of carbonyl (C=O) groups excluding carboxylic acids is 2. The summed E-state index contributed by atoms with van der Waals surface area (Å²) in [5, 5.41) is 3.56. The van der Waals surface area contributed by atoms with Crippen molar-refractivity contribution in [1.29, 1.82) is 0 Å². The number of nitrogens with one attached hydrogen (secondary N) is 1. The lowest BCUT2D eigenvalue weighted by Gasteiger charge is -2.36. The Balaban J connectivity index is 1.39. The standard InChI is InChI=1S/C24H31N7O5S3/c1-15(31(14-32)20-12-19(6-7-25-20)21-16(2)26-18(4)37-21)13-29-8-10-30(11-9-29)39(34,35)22-17(3)27-23(38-22)28-24(33)36-5/h6-7,12,14-15H,8-11,13H2,1-5H3,(H,27,28,33)/t15-/m0/s1. The van der Waals surface area contributed by atoms with Crippen LogP contribution in [0.15, 0.2) is 22.5 Å². The highest BCUT2D eigenvalue weighted by atomic mass is 32.2. The second kappa shape index (κ2) is 12.0. The zero-order chi connectivity index (χ0) is 28.3. The fraction of sp³-hybridized carbons (Fsp3) is 0.458. The number of pyridine rings is 1. The number of aryl methyl sites for hydroxylation is 3. The van der Waals surface area contributed by atoms with Crippen LogP contribution in [0.5, 0.6) is 0 Å². The molecule has 1 N–H and O–H groups in total. The third-order valence-corrected chi connectivity index (χ3v) is 11.0. The molecule has 0 bridgehead atoms. The number of aromatic nitrogens is 3. The first kappa shape index (κ1) is 29.0. The molecule has 39 heavy (non-hydrogen) atoms. The summed E-state index contributed by atoms with van der Waals surface area (Å²) < 4.78 is 32.7. The van der Waals surface area contributed by atoms with Gasteiger partial charge in [-0.3, -0.25) is 19.9 Å². The predicted octanol–water partition coefficient (Wildman–Crippen LogP) is 3.12. The molecular weight excluding hydrogens is 563 g/mol. The zero-order valence-corrected chi connectivity index (χ0v) is 24.8. The molecule has 0 aliphatic carbocycles. The molecule has 1 aliphatic heterocycles. The number of amides is 2. The third-order valence-electron chi connectivity index (χ3n) is 6.34. The highest BCUT2D eigenvalue weighted by Crippen LogP contribution is 2.32. The van der Waals surface area contributed by atoms with Crippen LogP contribution >= 0.6 is 22.7 Å². The Kier molecular flexibility index (Phi) is 8.96. The van der Waals surface area contributed by atoms with Crippen LogP contribution in [0.1, 0.15) is 23.3 Å². The van der Waals surface area contributed by atoms with E-state index in [1.807, 2.05) is 32.9 Å². The first-order chi connectivity index (χ1) is 18.5. The van der Waals surface area contributed by atoms with Crippen molar-refractivity contribution in [3.8, 4) is 10.4 Å². The lowest BCUT2D eigenvalue weighted by Crippen LogP contribution is -2.52. The fourth-order valence-electron chi connectivity index (χ4n) is 4.43. The quantitative estimate of drug-likeness (QED) is 0.371. The number of carbonyl (C=O) groups is 2. The van der Waals surface area contributed by atoms with Crippen LogP contribution in [0.2, 0.25) is 0 Å². The molecule has 0 aromatic carbocycles. The molecule has 0 saturated carbocycles. The number of thiazole rings is 2. The Morgan fingerprint density at radius 3 is 2.51 bits per heavy atom. The molecule has 4 heterocycles. The van der Waals surface area contributed by atoms with E-state index in [9.17, 15) is 18.0 Å². The summed E-state index contributed by atoms with van der Waals surface area (Å²) in [6.45, 7) is 9.64. The van der Waals surface area contributed by atoms with E-state index in [2.05, 4.69) is 29.9 Å². The van der Waals surface area contributed by atoms with Gasteiger partial charge in [0.2, 0.25) is 6.41 Å². The number of nitrogens with zero attached hydrogens (tertiary/aromatic N) is 6. The molecule has 1 atom stereocenters. The summed E-state index contributed by atoms with van der Waals surface area (Å²) in [5.74, 6) is 0.554. The Bertz CT molecular complexity index is 1450. The SMILES string of the molecule is COC(=O)Nc1nc(C)c(S(=O)(=O)N2CCN(C[C@H](C)N(C=O)c3cc(-c4sc(C)nc4C)ccn3)CC2)s1. The molecular formula is C24H31N7O5S3. The molecule has 1 aliphatic rings. The number of anilines is 2. The van der Waals surface area contributed by atoms with Gasteiger partial charge in [0.15, 0.2) is 9.34 Å². The summed E-state index contributed by atoms with van der Waals surface area (Å²) in [6, 6.07) is 3.62. The van der Waals surface area contributed by atoms with Crippen LogP contribution < -0.4 is 10.2 Å². The van der Waals surface area contributed by atoms with Crippen LogP contribution in [0.25, 0.3) is 10.4 Å². The summed E-state index contributed by atoms with van der Waals surface area (Å²) >= 11 is 2.50. The third kappa shape index (κ3) is 6.44. The highest BCUT2D eigenvalue weighted by molar-refractivity contribution is 7.91. The molecule has 210 valence electrons. The van der Waals surface area contributed by atoms with Crippen LogP contribution in [-0.2, 0) is 19.6 Å².